The van der Waals surface area contributed by atoms with E-state index in [4.69, 9.17) is 4.74 Å². The zero-order valence-electron chi connectivity index (χ0n) is 17.5. The first kappa shape index (κ1) is 22.0. The van der Waals surface area contributed by atoms with Crippen LogP contribution >= 0.6 is 0 Å². The van der Waals surface area contributed by atoms with E-state index in [0.29, 0.717) is 31.9 Å². The zero-order chi connectivity index (χ0) is 21.3. The van der Waals surface area contributed by atoms with Crippen LogP contribution in [0.5, 0.6) is 5.75 Å². The first-order valence-electron chi connectivity index (χ1n) is 10.5. The molecule has 0 unspecified atom stereocenters. The summed E-state index contributed by atoms with van der Waals surface area (Å²) < 4.78 is 5.39. The fraction of sp³-hybridized carbons (Fsp3) is 0.417. The third kappa shape index (κ3) is 6.40. The maximum atomic E-state index is 12.6. The van der Waals surface area contributed by atoms with Crippen molar-refractivity contribution in [3.8, 4) is 5.75 Å². The molecule has 160 valence electrons. The highest BCUT2D eigenvalue weighted by Gasteiger charge is 2.26. The monoisotopic (exact) mass is 410 g/mol. The van der Waals surface area contributed by atoms with Crippen molar-refractivity contribution in [1.29, 1.82) is 0 Å². The Morgan fingerprint density at radius 3 is 2.30 bits per heavy atom. The third-order valence-electron chi connectivity index (χ3n) is 5.46. The lowest BCUT2D eigenvalue weighted by Gasteiger charge is -2.30. The first-order valence-corrected chi connectivity index (χ1v) is 10.5. The van der Waals surface area contributed by atoms with Gasteiger partial charge in [-0.3, -0.25) is 14.5 Å². The van der Waals surface area contributed by atoms with Crippen LogP contribution in [0.3, 0.4) is 0 Å². The Balaban J connectivity index is 1.38. The van der Waals surface area contributed by atoms with Gasteiger partial charge in [-0.1, -0.05) is 24.3 Å². The van der Waals surface area contributed by atoms with E-state index in [-0.39, 0.29) is 23.4 Å². The van der Waals surface area contributed by atoms with Crippen molar-refractivity contribution in [2.24, 2.45) is 5.92 Å². The molecule has 0 aliphatic carbocycles. The van der Waals surface area contributed by atoms with Gasteiger partial charge in [-0.2, -0.15) is 0 Å². The van der Waals surface area contributed by atoms with E-state index in [0.717, 1.165) is 37.1 Å². The van der Waals surface area contributed by atoms with Gasteiger partial charge in [0.05, 0.1) is 13.2 Å². The second-order valence-electron chi connectivity index (χ2n) is 7.69. The quantitative estimate of drug-likeness (QED) is 0.621. The van der Waals surface area contributed by atoms with Crippen molar-refractivity contribution in [3.63, 3.8) is 0 Å². The normalized spacial score (nSPS) is 15.1. The van der Waals surface area contributed by atoms with Crippen LogP contribution in [0, 0.1) is 5.92 Å². The van der Waals surface area contributed by atoms with Gasteiger partial charge >= 0.3 is 0 Å². The van der Waals surface area contributed by atoms with E-state index in [9.17, 15) is 14.7 Å². The number of ether oxygens (including phenoxy) is 1. The molecule has 2 aromatic carbocycles. The molecule has 6 nitrogen and oxygen atoms in total. The largest absolute Gasteiger partial charge is 0.508 e. The summed E-state index contributed by atoms with van der Waals surface area (Å²) in [5.74, 6) is 0.251. The maximum absolute atomic E-state index is 12.6. The summed E-state index contributed by atoms with van der Waals surface area (Å²) in [6, 6.07) is 14.5. The number of ketones is 1. The summed E-state index contributed by atoms with van der Waals surface area (Å²) >= 11 is 0. The van der Waals surface area contributed by atoms with Crippen molar-refractivity contribution in [2.75, 3.05) is 26.2 Å². The Bertz CT molecular complexity index is 825. The van der Waals surface area contributed by atoms with Crippen LogP contribution in [0.15, 0.2) is 48.5 Å². The van der Waals surface area contributed by atoms with Crippen LogP contribution in [0.4, 0.5) is 0 Å². The number of benzene rings is 2. The Morgan fingerprint density at radius 1 is 1.03 bits per heavy atom. The summed E-state index contributed by atoms with van der Waals surface area (Å²) in [4.78, 5) is 27.0. The van der Waals surface area contributed by atoms with Crippen LogP contribution in [-0.2, 0) is 22.7 Å². The SMILES string of the molecule is CCOCc1ccc(CNC(=O)CN2CCC(C(=O)c3ccc(O)cc3)CC2)cc1. The highest BCUT2D eigenvalue weighted by atomic mass is 16.5. The van der Waals surface area contributed by atoms with E-state index in [2.05, 4.69) is 10.2 Å². The molecule has 0 spiro atoms. The number of amides is 1. The molecule has 0 aromatic heterocycles. The number of carbonyl (C=O) groups excluding carboxylic acids is 2. The standard InChI is InChI=1S/C24H30N2O4/c1-2-30-17-19-5-3-18(4-6-19)15-25-23(28)16-26-13-11-21(12-14-26)24(29)20-7-9-22(27)10-8-20/h3-10,21,27H,2,11-17H2,1H3,(H,25,28). The molecule has 0 radical (unpaired) electrons. The lowest BCUT2D eigenvalue weighted by molar-refractivity contribution is -0.122. The second kappa shape index (κ2) is 10.9. The number of phenols is 1. The van der Waals surface area contributed by atoms with Gasteiger partial charge < -0.3 is 15.2 Å². The van der Waals surface area contributed by atoms with Crippen LogP contribution in [0.25, 0.3) is 0 Å². The van der Waals surface area contributed by atoms with E-state index in [1.165, 1.54) is 0 Å². The summed E-state index contributed by atoms with van der Waals surface area (Å²) in [6.45, 7) is 5.59. The Labute approximate surface area is 177 Å². The molecule has 0 atom stereocenters. The number of phenolic OH excluding ortho intramolecular Hbond substituents is 1. The van der Waals surface area contributed by atoms with Gasteiger partial charge in [0.15, 0.2) is 5.78 Å². The minimum absolute atomic E-state index is 0.00305. The van der Waals surface area contributed by atoms with E-state index in [1.807, 2.05) is 31.2 Å². The van der Waals surface area contributed by atoms with E-state index in [1.54, 1.807) is 24.3 Å². The van der Waals surface area contributed by atoms with Crippen molar-refractivity contribution >= 4 is 11.7 Å². The highest BCUT2D eigenvalue weighted by molar-refractivity contribution is 5.98. The molecule has 1 fully saturated rings. The molecule has 1 saturated heterocycles. The van der Waals surface area contributed by atoms with Crippen LogP contribution in [-0.4, -0.2) is 47.9 Å². The zero-order valence-corrected chi connectivity index (χ0v) is 17.5. The minimum Gasteiger partial charge on any atom is -0.508 e. The number of carbonyl (C=O) groups is 2. The number of piperidine rings is 1. The van der Waals surface area contributed by atoms with Gasteiger partial charge in [-0.25, -0.2) is 0 Å². The molecule has 30 heavy (non-hydrogen) atoms. The fourth-order valence-electron chi connectivity index (χ4n) is 3.65. The third-order valence-corrected chi connectivity index (χ3v) is 5.46. The number of hydrogen-bond donors (Lipinski definition) is 2. The molecule has 6 heteroatoms. The molecule has 3 rings (SSSR count). The number of rotatable bonds is 9. The molecule has 1 aliphatic rings. The number of aromatic hydroxyl groups is 1. The molecule has 1 heterocycles. The topological polar surface area (TPSA) is 78.9 Å². The minimum atomic E-state index is -0.0240. The number of likely N-dealkylation sites (tertiary alicyclic amines) is 1. The van der Waals surface area contributed by atoms with Gasteiger partial charge in [0.25, 0.3) is 0 Å². The summed E-state index contributed by atoms with van der Waals surface area (Å²) in [5.41, 5.74) is 2.81. The fourth-order valence-corrected chi connectivity index (χ4v) is 3.65. The lowest BCUT2D eigenvalue weighted by Crippen LogP contribution is -2.42. The summed E-state index contributed by atoms with van der Waals surface area (Å²) in [7, 11) is 0. The first-order chi connectivity index (χ1) is 14.5. The molecule has 2 aromatic rings. The van der Waals surface area contributed by atoms with Crippen molar-refractivity contribution < 1.29 is 19.4 Å². The van der Waals surface area contributed by atoms with E-state index >= 15 is 0 Å². The average molecular weight is 411 g/mol. The average Bonchev–Trinajstić information content (AvgIpc) is 2.77. The smallest absolute Gasteiger partial charge is 0.234 e. The summed E-state index contributed by atoms with van der Waals surface area (Å²) in [5, 5.41) is 12.3. The van der Waals surface area contributed by atoms with Gasteiger partial charge in [-0.15, -0.1) is 0 Å². The van der Waals surface area contributed by atoms with Gasteiger partial charge in [-0.05, 0) is 68.2 Å². The molecule has 0 saturated carbocycles. The van der Waals surface area contributed by atoms with Crippen molar-refractivity contribution in [1.82, 2.24) is 10.2 Å². The number of nitrogens with one attached hydrogen (secondary N) is 1. The maximum Gasteiger partial charge on any atom is 0.234 e. The number of hydrogen-bond acceptors (Lipinski definition) is 5. The van der Waals surface area contributed by atoms with Gasteiger partial charge in [0.2, 0.25) is 5.91 Å². The van der Waals surface area contributed by atoms with Crippen molar-refractivity contribution in [2.45, 2.75) is 32.9 Å². The van der Waals surface area contributed by atoms with Gasteiger partial charge in [0.1, 0.15) is 5.75 Å². The molecular weight excluding hydrogens is 380 g/mol. The Hall–Kier alpha value is -2.70. The van der Waals surface area contributed by atoms with Crippen LogP contribution in [0.1, 0.15) is 41.3 Å². The summed E-state index contributed by atoms with van der Waals surface area (Å²) in [6.07, 6.45) is 1.49. The second-order valence-corrected chi connectivity index (χ2v) is 7.69. The van der Waals surface area contributed by atoms with Crippen molar-refractivity contribution in [3.05, 3.63) is 65.2 Å². The molecule has 1 aliphatic heterocycles. The van der Waals surface area contributed by atoms with Crippen LogP contribution < -0.4 is 5.32 Å². The molecule has 0 bridgehead atoms. The van der Waals surface area contributed by atoms with E-state index < -0.39 is 0 Å². The number of nitrogens with zero attached hydrogens (tertiary/aromatic N) is 1. The van der Waals surface area contributed by atoms with Gasteiger partial charge in [0, 0.05) is 24.6 Å². The Morgan fingerprint density at radius 2 is 1.67 bits per heavy atom. The van der Waals surface area contributed by atoms with Crippen LogP contribution in [0.2, 0.25) is 0 Å². The predicted octanol–water partition coefficient (Wildman–Crippen LogP) is 3.14. The molecule has 2 N–H and O–H groups in total. The Kier molecular flexibility index (Phi) is 7.99. The molecular formula is C24H30N2O4. The molecule has 1 amide bonds. The predicted molar refractivity (Wildman–Crippen MR) is 115 cm³/mol. The number of Topliss-reactive ketones (excluding diaryl/α,β-unsaturated/α-hetero) is 1. The highest BCUT2D eigenvalue weighted by Crippen LogP contribution is 2.22. The lowest BCUT2D eigenvalue weighted by atomic mass is 9.89.